The molecule has 1 fully saturated rings. The molecule has 1 aliphatic heterocycles. The van der Waals surface area contributed by atoms with Crippen molar-refractivity contribution >= 4 is 33.0 Å². The molecule has 0 atom stereocenters. The average Bonchev–Trinajstić information content (AvgIpc) is 2.75. The zero-order valence-electron chi connectivity index (χ0n) is 17.9. The Morgan fingerprint density at radius 2 is 1.61 bits per heavy atom. The van der Waals surface area contributed by atoms with Gasteiger partial charge in [-0.3, -0.25) is 9.59 Å². The number of carbonyl (C=O) groups excluding carboxylic acids is 2. The van der Waals surface area contributed by atoms with Gasteiger partial charge in [0.15, 0.2) is 9.84 Å². The Bertz CT molecular complexity index is 1010. The minimum Gasteiger partial charge on any atom is -0.371 e. The number of carbonyl (C=O) groups is 2. The van der Waals surface area contributed by atoms with Crippen LogP contribution in [0.15, 0.2) is 53.4 Å². The first-order chi connectivity index (χ1) is 14.8. The smallest absolute Gasteiger partial charge is 0.224 e. The Labute approximate surface area is 183 Å². The molecule has 2 N–H and O–H groups in total. The monoisotopic (exact) mass is 443 g/mol. The van der Waals surface area contributed by atoms with E-state index in [1.807, 2.05) is 24.3 Å². The van der Waals surface area contributed by atoms with E-state index in [2.05, 4.69) is 15.5 Å². The van der Waals surface area contributed by atoms with Crippen LogP contribution in [0.5, 0.6) is 0 Å². The van der Waals surface area contributed by atoms with E-state index in [-0.39, 0.29) is 23.6 Å². The third kappa shape index (κ3) is 6.30. The van der Waals surface area contributed by atoms with Gasteiger partial charge in [-0.05, 0) is 54.8 Å². The molecule has 1 saturated heterocycles. The van der Waals surface area contributed by atoms with E-state index < -0.39 is 9.84 Å². The van der Waals surface area contributed by atoms with Crippen molar-refractivity contribution in [3.8, 4) is 0 Å². The zero-order valence-corrected chi connectivity index (χ0v) is 18.7. The molecule has 0 bridgehead atoms. The molecule has 8 heteroatoms. The number of hydrogen-bond donors (Lipinski definition) is 2. The summed E-state index contributed by atoms with van der Waals surface area (Å²) in [5.41, 5.74) is 2.61. The molecule has 2 aromatic carbocycles. The summed E-state index contributed by atoms with van der Waals surface area (Å²) in [6.07, 6.45) is 1.97. The topological polar surface area (TPSA) is 95.6 Å². The molecule has 0 aliphatic carbocycles. The third-order valence-electron chi connectivity index (χ3n) is 5.44. The Kier molecular flexibility index (Phi) is 7.33. The van der Waals surface area contributed by atoms with Crippen LogP contribution in [0, 0.1) is 0 Å². The van der Waals surface area contributed by atoms with Gasteiger partial charge in [-0.25, -0.2) is 8.42 Å². The zero-order chi connectivity index (χ0) is 22.4. The van der Waals surface area contributed by atoms with Crippen molar-refractivity contribution in [2.24, 2.45) is 0 Å². The highest BCUT2D eigenvalue weighted by atomic mass is 32.2. The van der Waals surface area contributed by atoms with E-state index >= 15 is 0 Å². The van der Waals surface area contributed by atoms with E-state index in [4.69, 9.17) is 0 Å². The predicted octanol–water partition coefficient (Wildman–Crippen LogP) is 2.77. The summed E-state index contributed by atoms with van der Waals surface area (Å²) in [6, 6.07) is 14.4. The summed E-state index contributed by atoms with van der Waals surface area (Å²) in [6.45, 7) is 4.70. The Morgan fingerprint density at radius 3 is 2.16 bits per heavy atom. The highest BCUT2D eigenvalue weighted by Crippen LogP contribution is 2.22. The van der Waals surface area contributed by atoms with Crippen LogP contribution in [-0.2, 0) is 25.8 Å². The van der Waals surface area contributed by atoms with Crippen LogP contribution in [0.25, 0.3) is 0 Å². The number of benzene rings is 2. The van der Waals surface area contributed by atoms with E-state index in [0.717, 1.165) is 37.2 Å². The van der Waals surface area contributed by atoms with Gasteiger partial charge in [0.05, 0.1) is 17.1 Å². The van der Waals surface area contributed by atoms with Crippen molar-refractivity contribution in [3.05, 3.63) is 54.1 Å². The molecular weight excluding hydrogens is 414 g/mol. The molecule has 2 amide bonds. The van der Waals surface area contributed by atoms with Gasteiger partial charge in [0, 0.05) is 37.4 Å². The molecule has 3 rings (SSSR count). The van der Waals surface area contributed by atoms with Crippen LogP contribution in [0.3, 0.4) is 0 Å². The maximum absolute atomic E-state index is 12.4. The molecule has 7 nitrogen and oxygen atoms in total. The van der Waals surface area contributed by atoms with Crippen LogP contribution >= 0.6 is 0 Å². The fourth-order valence-corrected chi connectivity index (χ4v) is 4.57. The summed E-state index contributed by atoms with van der Waals surface area (Å²) >= 11 is 0. The molecule has 0 radical (unpaired) electrons. The Hall–Kier alpha value is -2.87. The number of piperidine rings is 1. The summed E-state index contributed by atoms with van der Waals surface area (Å²) in [7, 11) is -3.19. The van der Waals surface area contributed by atoms with Gasteiger partial charge in [-0.1, -0.05) is 19.1 Å². The molecule has 2 aromatic rings. The second-order valence-corrected chi connectivity index (χ2v) is 10.1. The highest BCUT2D eigenvalue weighted by molar-refractivity contribution is 7.91. The maximum atomic E-state index is 12.4. The highest BCUT2D eigenvalue weighted by Gasteiger charge is 2.21. The normalized spacial score (nSPS) is 14.8. The van der Waals surface area contributed by atoms with Crippen molar-refractivity contribution < 1.29 is 18.0 Å². The van der Waals surface area contributed by atoms with E-state index in [1.165, 1.54) is 6.92 Å². The Balaban J connectivity index is 1.47. The lowest BCUT2D eigenvalue weighted by Gasteiger charge is -2.34. The van der Waals surface area contributed by atoms with Gasteiger partial charge in [-0.2, -0.15) is 0 Å². The van der Waals surface area contributed by atoms with Crippen molar-refractivity contribution in [1.29, 1.82) is 0 Å². The van der Waals surface area contributed by atoms with Crippen molar-refractivity contribution in [1.82, 2.24) is 5.32 Å². The van der Waals surface area contributed by atoms with Gasteiger partial charge < -0.3 is 15.5 Å². The third-order valence-corrected chi connectivity index (χ3v) is 7.19. The predicted molar refractivity (Wildman–Crippen MR) is 122 cm³/mol. The first kappa shape index (κ1) is 22.8. The quantitative estimate of drug-likeness (QED) is 0.686. The van der Waals surface area contributed by atoms with Crippen LogP contribution in [0.4, 0.5) is 11.4 Å². The summed E-state index contributed by atoms with van der Waals surface area (Å²) < 4.78 is 23.9. The van der Waals surface area contributed by atoms with Crippen molar-refractivity contribution in [2.75, 3.05) is 29.1 Å². The second kappa shape index (κ2) is 9.96. The molecule has 31 heavy (non-hydrogen) atoms. The molecule has 0 unspecified atom stereocenters. The van der Waals surface area contributed by atoms with Crippen LogP contribution in [-0.4, -0.2) is 45.1 Å². The second-order valence-electron chi connectivity index (χ2n) is 7.78. The molecule has 166 valence electrons. The first-order valence-corrected chi connectivity index (χ1v) is 12.2. The molecule has 0 spiro atoms. The molecule has 1 heterocycles. The molecular formula is C23H29N3O4S. The van der Waals surface area contributed by atoms with Crippen LogP contribution in [0.2, 0.25) is 0 Å². The van der Waals surface area contributed by atoms with Gasteiger partial charge in [0.2, 0.25) is 11.8 Å². The number of amides is 2. The SMILES string of the molecule is CCS(=O)(=O)c1ccc(N2CCC(NC(=O)Cc3ccc(NC(C)=O)cc3)CC2)cc1. The van der Waals surface area contributed by atoms with Gasteiger partial charge >= 0.3 is 0 Å². The fraction of sp³-hybridized carbons (Fsp3) is 0.391. The van der Waals surface area contributed by atoms with Gasteiger partial charge in [0.1, 0.15) is 0 Å². The van der Waals surface area contributed by atoms with E-state index in [9.17, 15) is 18.0 Å². The number of nitrogens with one attached hydrogen (secondary N) is 2. The summed E-state index contributed by atoms with van der Waals surface area (Å²) in [5.74, 6) is -0.0460. The Morgan fingerprint density at radius 1 is 1.00 bits per heavy atom. The number of anilines is 2. The molecule has 0 aromatic heterocycles. The summed E-state index contributed by atoms with van der Waals surface area (Å²) in [4.78, 5) is 26.0. The van der Waals surface area contributed by atoms with E-state index in [1.54, 1.807) is 31.2 Å². The average molecular weight is 444 g/mol. The lowest BCUT2D eigenvalue weighted by atomic mass is 10.0. The van der Waals surface area contributed by atoms with Crippen molar-refractivity contribution in [2.45, 2.75) is 44.0 Å². The van der Waals surface area contributed by atoms with Crippen molar-refractivity contribution in [3.63, 3.8) is 0 Å². The molecule has 0 saturated carbocycles. The van der Waals surface area contributed by atoms with Gasteiger partial charge in [-0.15, -0.1) is 0 Å². The fourth-order valence-electron chi connectivity index (χ4n) is 3.69. The van der Waals surface area contributed by atoms with E-state index in [0.29, 0.717) is 17.0 Å². The first-order valence-electron chi connectivity index (χ1n) is 10.5. The van der Waals surface area contributed by atoms with Crippen LogP contribution in [0.1, 0.15) is 32.3 Å². The number of sulfone groups is 1. The lowest BCUT2D eigenvalue weighted by Crippen LogP contribution is -2.45. The number of nitrogens with zero attached hydrogens (tertiary/aromatic N) is 1. The minimum absolute atomic E-state index is 0.0140. The summed E-state index contributed by atoms with van der Waals surface area (Å²) in [5, 5.41) is 5.82. The van der Waals surface area contributed by atoms with Crippen LogP contribution < -0.4 is 15.5 Å². The van der Waals surface area contributed by atoms with Gasteiger partial charge in [0.25, 0.3) is 0 Å². The molecule has 1 aliphatic rings. The standard InChI is InChI=1S/C23H29N3O4S/c1-3-31(29,30)22-10-8-21(9-11-22)26-14-12-20(13-15-26)25-23(28)16-18-4-6-19(7-5-18)24-17(2)27/h4-11,20H,3,12-16H2,1-2H3,(H,24,27)(H,25,28). The number of rotatable bonds is 7. The number of hydrogen-bond acceptors (Lipinski definition) is 5. The maximum Gasteiger partial charge on any atom is 0.224 e. The minimum atomic E-state index is -3.19. The lowest BCUT2D eigenvalue weighted by molar-refractivity contribution is -0.121. The largest absolute Gasteiger partial charge is 0.371 e.